The van der Waals surface area contributed by atoms with Crippen LogP contribution in [0.4, 0.5) is 18.9 Å². The molecule has 0 saturated carbocycles. The number of amides is 2. The highest BCUT2D eigenvalue weighted by molar-refractivity contribution is 5.94. The third-order valence-corrected chi connectivity index (χ3v) is 6.36. The highest BCUT2D eigenvalue weighted by Crippen LogP contribution is 2.27. The summed E-state index contributed by atoms with van der Waals surface area (Å²) in [6, 6.07) is 21.3. The number of hydrogen-bond donors (Lipinski definition) is 2. The summed E-state index contributed by atoms with van der Waals surface area (Å²) in [5.74, 6) is -0.507. The van der Waals surface area contributed by atoms with Crippen molar-refractivity contribution in [3.05, 3.63) is 83.9 Å². The molecule has 1 heterocycles. The first kappa shape index (κ1) is 26.1. The van der Waals surface area contributed by atoms with Gasteiger partial charge in [0.15, 0.2) is 0 Å². The van der Waals surface area contributed by atoms with Crippen LogP contribution < -0.4 is 10.2 Å². The maximum atomic E-state index is 12.9. The lowest BCUT2D eigenvalue weighted by Crippen LogP contribution is -2.48. The maximum absolute atomic E-state index is 12.9. The Labute approximate surface area is 213 Å². The van der Waals surface area contributed by atoms with Crippen molar-refractivity contribution < 1.29 is 27.9 Å². The number of nitrogens with one attached hydrogen (secondary N) is 1. The molecule has 3 aromatic rings. The largest absolute Gasteiger partial charge is 0.508 e. The molecule has 0 radical (unpaired) electrons. The lowest BCUT2D eigenvalue weighted by Gasteiger charge is -2.36. The summed E-state index contributed by atoms with van der Waals surface area (Å²) in [4.78, 5) is 28.7. The molecular formula is C28H28F3N3O3. The van der Waals surface area contributed by atoms with E-state index in [0.717, 1.165) is 22.4 Å². The number of halogens is 3. The number of piperazine rings is 1. The predicted octanol–water partition coefficient (Wildman–Crippen LogP) is 4.63. The van der Waals surface area contributed by atoms with Crippen LogP contribution in [0.2, 0.25) is 0 Å². The zero-order valence-corrected chi connectivity index (χ0v) is 20.2. The van der Waals surface area contributed by atoms with Crippen LogP contribution in [0.1, 0.15) is 22.3 Å². The molecule has 9 heteroatoms. The Morgan fingerprint density at radius 2 is 1.59 bits per heavy atom. The Hall–Kier alpha value is -4.01. The monoisotopic (exact) mass is 511 g/mol. The highest BCUT2D eigenvalue weighted by Gasteiger charge is 2.28. The molecule has 1 saturated heterocycles. The molecule has 1 fully saturated rings. The summed E-state index contributed by atoms with van der Waals surface area (Å²) in [6.45, 7) is 0.975. The average molecular weight is 512 g/mol. The summed E-state index contributed by atoms with van der Waals surface area (Å²) in [7, 11) is 0. The van der Waals surface area contributed by atoms with E-state index in [1.54, 1.807) is 30.3 Å². The first-order valence-electron chi connectivity index (χ1n) is 12.0. The number of phenolic OH excluding ortho intramolecular Hbond substituents is 1. The number of carbonyl (C=O) groups excluding carboxylic acids is 2. The molecule has 0 aromatic heterocycles. The fraction of sp³-hybridized carbons (Fsp3) is 0.286. The molecular weight excluding hydrogens is 483 g/mol. The van der Waals surface area contributed by atoms with Gasteiger partial charge in [0.1, 0.15) is 12.3 Å². The minimum absolute atomic E-state index is 0.0713. The van der Waals surface area contributed by atoms with Gasteiger partial charge in [-0.1, -0.05) is 36.4 Å². The van der Waals surface area contributed by atoms with Crippen LogP contribution in [0, 0.1) is 0 Å². The van der Waals surface area contributed by atoms with Crippen LogP contribution >= 0.6 is 0 Å². The fourth-order valence-electron chi connectivity index (χ4n) is 4.41. The Balaban J connectivity index is 1.29. The second kappa shape index (κ2) is 11.4. The van der Waals surface area contributed by atoms with Crippen molar-refractivity contribution in [3.8, 4) is 16.9 Å². The molecule has 2 N–H and O–H groups in total. The minimum atomic E-state index is -4.46. The number of anilines is 1. The minimum Gasteiger partial charge on any atom is -0.508 e. The van der Waals surface area contributed by atoms with Crippen molar-refractivity contribution >= 4 is 17.5 Å². The molecule has 0 spiro atoms. The second-order valence-corrected chi connectivity index (χ2v) is 8.92. The van der Waals surface area contributed by atoms with Crippen molar-refractivity contribution in [2.75, 3.05) is 37.6 Å². The van der Waals surface area contributed by atoms with E-state index in [4.69, 9.17) is 0 Å². The van der Waals surface area contributed by atoms with E-state index >= 15 is 0 Å². The van der Waals surface area contributed by atoms with Crippen LogP contribution in [0.25, 0.3) is 11.1 Å². The number of hydrogen-bond acceptors (Lipinski definition) is 4. The van der Waals surface area contributed by atoms with E-state index in [-0.39, 0.29) is 17.2 Å². The molecule has 3 aromatic carbocycles. The quantitative estimate of drug-likeness (QED) is 0.485. The number of phenols is 1. The Morgan fingerprint density at radius 1 is 0.892 bits per heavy atom. The van der Waals surface area contributed by atoms with E-state index in [9.17, 15) is 27.9 Å². The zero-order chi connectivity index (χ0) is 26.4. The Kier molecular flexibility index (Phi) is 8.01. The molecule has 37 heavy (non-hydrogen) atoms. The lowest BCUT2D eigenvalue weighted by molar-refractivity contribution is -0.131. The molecule has 0 unspecified atom stereocenters. The molecule has 2 amide bonds. The molecule has 1 aliphatic rings. The predicted molar refractivity (Wildman–Crippen MR) is 135 cm³/mol. The first-order chi connectivity index (χ1) is 17.7. The van der Waals surface area contributed by atoms with Gasteiger partial charge in [-0.15, -0.1) is 0 Å². The van der Waals surface area contributed by atoms with Crippen LogP contribution in [0.15, 0.2) is 72.8 Å². The standard InChI is InChI=1S/C28H28F3N3O3/c29-28(30,31)19-32-27(37)21-8-11-23(12-9-21)33-14-16-34(17-15-33)26(36)13-10-20-4-1-2-7-25(20)22-5-3-6-24(35)18-22/h1-9,11-12,18,35H,10,13-17,19H2,(H,32,37). The molecule has 0 bridgehead atoms. The number of benzene rings is 3. The number of alkyl halides is 3. The summed E-state index contributed by atoms with van der Waals surface area (Å²) < 4.78 is 36.9. The second-order valence-electron chi connectivity index (χ2n) is 8.92. The van der Waals surface area contributed by atoms with Crippen molar-refractivity contribution in [2.24, 2.45) is 0 Å². The SMILES string of the molecule is O=C(NCC(F)(F)F)c1ccc(N2CCN(C(=O)CCc3ccccc3-c3cccc(O)c3)CC2)cc1. The van der Waals surface area contributed by atoms with E-state index in [0.29, 0.717) is 39.0 Å². The number of aromatic hydroxyl groups is 1. The summed E-state index contributed by atoms with van der Waals surface area (Å²) in [6.07, 6.45) is -3.50. The van der Waals surface area contributed by atoms with Crippen LogP contribution in [-0.2, 0) is 11.2 Å². The molecule has 194 valence electrons. The summed E-state index contributed by atoms with van der Waals surface area (Å²) in [5, 5.41) is 11.7. The van der Waals surface area contributed by atoms with Gasteiger partial charge in [0, 0.05) is 43.9 Å². The van der Waals surface area contributed by atoms with E-state index < -0.39 is 18.6 Å². The van der Waals surface area contributed by atoms with Gasteiger partial charge in [-0.2, -0.15) is 13.2 Å². The number of aryl methyl sites for hydroxylation is 1. The van der Waals surface area contributed by atoms with Crippen molar-refractivity contribution in [1.29, 1.82) is 0 Å². The number of rotatable bonds is 7. The summed E-state index contributed by atoms with van der Waals surface area (Å²) >= 11 is 0. The molecule has 1 aliphatic heterocycles. The first-order valence-corrected chi connectivity index (χ1v) is 12.0. The van der Waals surface area contributed by atoms with Gasteiger partial charge in [-0.25, -0.2) is 0 Å². The average Bonchev–Trinajstić information content (AvgIpc) is 2.90. The molecule has 0 atom stereocenters. The van der Waals surface area contributed by atoms with Gasteiger partial charge in [0.25, 0.3) is 5.91 Å². The van der Waals surface area contributed by atoms with Crippen molar-refractivity contribution in [3.63, 3.8) is 0 Å². The van der Waals surface area contributed by atoms with Gasteiger partial charge in [0.2, 0.25) is 5.91 Å². The highest BCUT2D eigenvalue weighted by atomic mass is 19.4. The van der Waals surface area contributed by atoms with Crippen LogP contribution in [-0.4, -0.2) is 60.7 Å². The van der Waals surface area contributed by atoms with Gasteiger partial charge in [-0.05, 0) is 59.5 Å². The van der Waals surface area contributed by atoms with E-state index in [1.165, 1.54) is 12.1 Å². The van der Waals surface area contributed by atoms with E-state index in [2.05, 4.69) is 4.90 Å². The van der Waals surface area contributed by atoms with Gasteiger partial charge in [0.05, 0.1) is 0 Å². The zero-order valence-electron chi connectivity index (χ0n) is 20.2. The van der Waals surface area contributed by atoms with Crippen molar-refractivity contribution in [1.82, 2.24) is 10.2 Å². The Bertz CT molecular complexity index is 1240. The number of carbonyl (C=O) groups is 2. The van der Waals surface area contributed by atoms with Crippen LogP contribution in [0.5, 0.6) is 5.75 Å². The maximum Gasteiger partial charge on any atom is 0.405 e. The third-order valence-electron chi connectivity index (χ3n) is 6.36. The smallest absolute Gasteiger partial charge is 0.405 e. The summed E-state index contributed by atoms with van der Waals surface area (Å²) in [5.41, 5.74) is 3.94. The van der Waals surface area contributed by atoms with Gasteiger partial charge < -0.3 is 20.2 Å². The molecule has 0 aliphatic carbocycles. The molecule has 6 nitrogen and oxygen atoms in total. The fourth-order valence-corrected chi connectivity index (χ4v) is 4.41. The normalized spacial score (nSPS) is 13.9. The number of nitrogens with zero attached hydrogens (tertiary/aromatic N) is 2. The van der Waals surface area contributed by atoms with E-state index in [1.807, 2.05) is 40.5 Å². The lowest BCUT2D eigenvalue weighted by atomic mass is 9.96. The van der Waals surface area contributed by atoms with Gasteiger partial charge in [-0.3, -0.25) is 9.59 Å². The Morgan fingerprint density at radius 3 is 2.27 bits per heavy atom. The van der Waals surface area contributed by atoms with Gasteiger partial charge >= 0.3 is 6.18 Å². The topological polar surface area (TPSA) is 72.9 Å². The van der Waals surface area contributed by atoms with Crippen LogP contribution in [0.3, 0.4) is 0 Å². The van der Waals surface area contributed by atoms with Crippen molar-refractivity contribution in [2.45, 2.75) is 19.0 Å². The molecule has 4 rings (SSSR count). The third kappa shape index (κ3) is 7.03.